The van der Waals surface area contributed by atoms with Crippen molar-refractivity contribution >= 4 is 18.3 Å². The van der Waals surface area contributed by atoms with Gasteiger partial charge in [0.25, 0.3) is 0 Å². The Morgan fingerprint density at radius 2 is 2.15 bits per heavy atom. The number of likely N-dealkylation sites (tertiary alicyclic amines) is 1. The van der Waals surface area contributed by atoms with Gasteiger partial charge in [-0.3, -0.25) is 9.69 Å². The lowest BCUT2D eigenvalue weighted by molar-refractivity contribution is -0.121. The highest BCUT2D eigenvalue weighted by Crippen LogP contribution is 2.30. The Bertz CT molecular complexity index is 610. The molecule has 0 unspecified atom stereocenters. The Morgan fingerprint density at radius 3 is 2.69 bits per heavy atom. The van der Waals surface area contributed by atoms with Gasteiger partial charge >= 0.3 is 6.09 Å². The van der Waals surface area contributed by atoms with Crippen LogP contribution in [0.2, 0.25) is 0 Å². The first kappa shape index (κ1) is 20.2. The van der Waals surface area contributed by atoms with Crippen molar-refractivity contribution in [2.75, 3.05) is 11.4 Å². The second-order valence-corrected chi connectivity index (χ2v) is 7.91. The minimum atomic E-state index is -0.560. The lowest BCUT2D eigenvalue weighted by Crippen LogP contribution is -2.42. The van der Waals surface area contributed by atoms with E-state index < -0.39 is 5.60 Å². The summed E-state index contributed by atoms with van der Waals surface area (Å²) in [4.78, 5) is 31.9. The summed E-state index contributed by atoms with van der Waals surface area (Å²) in [6.07, 6.45) is 6.20. The van der Waals surface area contributed by atoms with Gasteiger partial charge < -0.3 is 9.64 Å². The number of amides is 2. The third kappa shape index (κ3) is 4.96. The monoisotopic (exact) mass is 361 g/mol. The Labute approximate surface area is 156 Å². The van der Waals surface area contributed by atoms with Gasteiger partial charge in [0.1, 0.15) is 11.4 Å². The Morgan fingerprint density at radius 1 is 1.42 bits per heavy atom. The molecule has 0 N–H and O–H groups in total. The molecule has 2 heterocycles. The summed E-state index contributed by atoms with van der Waals surface area (Å²) in [5.41, 5.74) is 0.448. The Hall–Kier alpha value is -2.11. The van der Waals surface area contributed by atoms with E-state index >= 15 is 0 Å². The van der Waals surface area contributed by atoms with Gasteiger partial charge in [0.05, 0.1) is 6.04 Å². The van der Waals surface area contributed by atoms with Gasteiger partial charge in [0.2, 0.25) is 6.41 Å². The number of piperidine rings is 1. The minimum absolute atomic E-state index is 0.0237. The molecule has 2 amide bonds. The summed E-state index contributed by atoms with van der Waals surface area (Å²) in [5, 5.41) is 0. The van der Waals surface area contributed by atoms with Crippen molar-refractivity contribution < 1.29 is 14.3 Å². The molecule has 1 aliphatic rings. The Kier molecular flexibility index (Phi) is 6.62. The van der Waals surface area contributed by atoms with E-state index in [-0.39, 0.29) is 18.2 Å². The highest BCUT2D eigenvalue weighted by molar-refractivity contribution is 5.87. The molecule has 6 nitrogen and oxygen atoms in total. The van der Waals surface area contributed by atoms with E-state index in [4.69, 9.17) is 4.74 Å². The molecule has 1 aromatic heterocycles. The maximum Gasteiger partial charge on any atom is 0.416 e. The van der Waals surface area contributed by atoms with Gasteiger partial charge in [-0.05, 0) is 65.0 Å². The van der Waals surface area contributed by atoms with Crippen LogP contribution >= 0.6 is 0 Å². The van der Waals surface area contributed by atoms with Crippen LogP contribution in [0.5, 0.6) is 0 Å². The highest BCUT2D eigenvalue weighted by atomic mass is 16.6. The number of anilines is 1. The zero-order valence-electron chi connectivity index (χ0n) is 16.6. The second-order valence-electron chi connectivity index (χ2n) is 7.91. The van der Waals surface area contributed by atoms with E-state index in [0.29, 0.717) is 5.82 Å². The molecule has 6 heteroatoms. The van der Waals surface area contributed by atoms with Crippen molar-refractivity contribution in [1.29, 1.82) is 0 Å². The number of carbonyl (C=O) groups excluding carboxylic acids is 2. The second kappa shape index (κ2) is 8.52. The van der Waals surface area contributed by atoms with Crippen LogP contribution in [0.3, 0.4) is 0 Å². The van der Waals surface area contributed by atoms with Crippen molar-refractivity contribution in [2.45, 2.75) is 78.0 Å². The molecule has 1 aliphatic heterocycles. The molecule has 1 fully saturated rings. The molecule has 2 atom stereocenters. The van der Waals surface area contributed by atoms with E-state index in [1.54, 1.807) is 11.1 Å². The summed E-state index contributed by atoms with van der Waals surface area (Å²) < 4.78 is 5.55. The van der Waals surface area contributed by atoms with Crippen LogP contribution in [0.4, 0.5) is 10.6 Å². The smallest absolute Gasteiger partial charge is 0.416 e. The lowest BCUT2D eigenvalue weighted by Gasteiger charge is -2.33. The number of hydrogen-bond donors (Lipinski definition) is 0. The van der Waals surface area contributed by atoms with Crippen molar-refractivity contribution in [2.24, 2.45) is 0 Å². The molecule has 26 heavy (non-hydrogen) atoms. The van der Waals surface area contributed by atoms with Gasteiger partial charge in [-0.2, -0.15) is 0 Å². The van der Waals surface area contributed by atoms with Gasteiger partial charge in [-0.25, -0.2) is 9.78 Å². The first-order valence-electron chi connectivity index (χ1n) is 9.46. The predicted octanol–water partition coefficient (Wildman–Crippen LogP) is 4.31. The van der Waals surface area contributed by atoms with Crippen molar-refractivity contribution in [3.63, 3.8) is 0 Å². The fourth-order valence-corrected chi connectivity index (χ4v) is 3.17. The maximum atomic E-state index is 12.7. The molecule has 0 aliphatic carbocycles. The number of hydrogen-bond acceptors (Lipinski definition) is 4. The van der Waals surface area contributed by atoms with Gasteiger partial charge in [0.15, 0.2) is 0 Å². The first-order chi connectivity index (χ1) is 12.3. The molecule has 144 valence electrons. The molecule has 0 radical (unpaired) electrons. The summed E-state index contributed by atoms with van der Waals surface area (Å²) in [5.74, 6) is 0.575. The molecular weight excluding hydrogens is 330 g/mol. The van der Waals surface area contributed by atoms with Crippen molar-refractivity contribution in [1.82, 2.24) is 9.88 Å². The molecule has 1 saturated heterocycles. The van der Waals surface area contributed by atoms with Crippen molar-refractivity contribution in [3.05, 3.63) is 23.9 Å². The number of nitrogens with zero attached hydrogens (tertiary/aromatic N) is 3. The molecule has 0 saturated carbocycles. The predicted molar refractivity (Wildman–Crippen MR) is 102 cm³/mol. The molecule has 2 rings (SSSR count). The number of rotatable bonds is 5. The molecule has 0 spiro atoms. The molecular formula is C20H31N3O3. The average Bonchev–Trinajstić information content (AvgIpc) is 2.60. The van der Waals surface area contributed by atoms with Gasteiger partial charge in [-0.1, -0.05) is 13.0 Å². The lowest BCUT2D eigenvalue weighted by atomic mass is 9.97. The van der Waals surface area contributed by atoms with Gasteiger partial charge in [-0.15, -0.1) is 0 Å². The molecule has 0 bridgehead atoms. The topological polar surface area (TPSA) is 62.7 Å². The Balaban J connectivity index is 2.24. The molecule has 1 aromatic rings. The van der Waals surface area contributed by atoms with Crippen LogP contribution in [0.15, 0.2) is 18.3 Å². The summed E-state index contributed by atoms with van der Waals surface area (Å²) in [7, 11) is 0. The first-order valence-corrected chi connectivity index (χ1v) is 9.46. The summed E-state index contributed by atoms with van der Waals surface area (Å²) >= 11 is 0. The maximum absolute atomic E-state index is 12.7. The number of pyridine rings is 1. The van der Waals surface area contributed by atoms with Crippen LogP contribution in [-0.4, -0.2) is 40.6 Å². The number of carbonyl (C=O) groups is 2. The van der Waals surface area contributed by atoms with E-state index in [2.05, 4.69) is 4.98 Å². The van der Waals surface area contributed by atoms with Crippen LogP contribution < -0.4 is 4.90 Å². The van der Waals surface area contributed by atoms with E-state index in [1.165, 1.54) is 0 Å². The standard InChI is InChI=1S/C20H31N3O3/c1-6-15(2)23(19(25)26-20(3,4)5)18-11-10-16(13-21-18)17-9-7-8-12-22(17)14-24/h10-11,13-15,17H,6-9,12H2,1-5H3/t15-,17+/m1/s1. The van der Waals surface area contributed by atoms with E-state index in [1.807, 2.05) is 51.7 Å². The third-order valence-corrected chi connectivity index (χ3v) is 4.70. The van der Waals surface area contributed by atoms with E-state index in [9.17, 15) is 9.59 Å². The highest BCUT2D eigenvalue weighted by Gasteiger charge is 2.28. The van der Waals surface area contributed by atoms with Crippen LogP contribution in [0.25, 0.3) is 0 Å². The molecule has 0 aromatic carbocycles. The number of ether oxygens (including phenoxy) is 1. The summed E-state index contributed by atoms with van der Waals surface area (Å²) in [6.45, 7) is 10.4. The minimum Gasteiger partial charge on any atom is -0.443 e. The third-order valence-electron chi connectivity index (χ3n) is 4.70. The fraction of sp³-hybridized carbons (Fsp3) is 0.650. The fourth-order valence-electron chi connectivity index (χ4n) is 3.17. The zero-order chi connectivity index (χ0) is 19.3. The summed E-state index contributed by atoms with van der Waals surface area (Å²) in [6, 6.07) is 3.86. The van der Waals surface area contributed by atoms with E-state index in [0.717, 1.165) is 44.2 Å². The quantitative estimate of drug-likeness (QED) is 0.733. The zero-order valence-corrected chi connectivity index (χ0v) is 16.6. The largest absolute Gasteiger partial charge is 0.443 e. The van der Waals surface area contributed by atoms with Crippen LogP contribution in [0, 0.1) is 0 Å². The SMILES string of the molecule is CC[C@@H](C)N(C(=O)OC(C)(C)C)c1ccc([C@@H]2CCCCN2C=O)cn1. The van der Waals surface area contributed by atoms with Crippen LogP contribution in [-0.2, 0) is 9.53 Å². The average molecular weight is 361 g/mol. The normalized spacial score (nSPS) is 19.0. The van der Waals surface area contributed by atoms with Gasteiger partial charge in [0, 0.05) is 18.8 Å². The van der Waals surface area contributed by atoms with Crippen LogP contribution in [0.1, 0.15) is 71.9 Å². The number of aromatic nitrogens is 1. The van der Waals surface area contributed by atoms with Crippen molar-refractivity contribution in [3.8, 4) is 0 Å².